The normalized spacial score (nSPS) is 22.0. The van der Waals surface area contributed by atoms with Gasteiger partial charge in [-0.25, -0.2) is 0 Å². The quantitative estimate of drug-likeness (QED) is 0.397. The standard InChI is InChI=1S/C6H12N4.ClH/c7-10-9-4-2-6-1-3-8-5-6;/h6,8H,1-5H2;1H/t6-;/m0./s1. The van der Waals surface area contributed by atoms with Gasteiger partial charge in [0.25, 0.3) is 0 Å². The Kier molecular flexibility index (Phi) is 6.03. The summed E-state index contributed by atoms with van der Waals surface area (Å²) in [5.74, 6) is 0.741. The van der Waals surface area contributed by atoms with Crippen molar-refractivity contribution in [1.29, 1.82) is 0 Å². The van der Waals surface area contributed by atoms with Gasteiger partial charge in [-0.3, -0.25) is 0 Å². The third kappa shape index (κ3) is 4.09. The van der Waals surface area contributed by atoms with Crippen molar-refractivity contribution in [2.24, 2.45) is 11.0 Å². The molecule has 4 nitrogen and oxygen atoms in total. The van der Waals surface area contributed by atoms with Gasteiger partial charge < -0.3 is 5.32 Å². The van der Waals surface area contributed by atoms with Crippen LogP contribution >= 0.6 is 12.4 Å². The van der Waals surface area contributed by atoms with Crippen LogP contribution in [0, 0.1) is 5.92 Å². The van der Waals surface area contributed by atoms with Gasteiger partial charge in [-0.15, -0.1) is 12.4 Å². The molecule has 1 fully saturated rings. The van der Waals surface area contributed by atoms with Crippen molar-refractivity contribution in [2.75, 3.05) is 19.6 Å². The van der Waals surface area contributed by atoms with Gasteiger partial charge in [0.2, 0.25) is 0 Å². The summed E-state index contributed by atoms with van der Waals surface area (Å²) < 4.78 is 0. The highest BCUT2D eigenvalue weighted by molar-refractivity contribution is 5.85. The first-order valence-electron chi connectivity index (χ1n) is 3.65. The molecule has 0 amide bonds. The minimum absolute atomic E-state index is 0. The molecule has 1 N–H and O–H groups in total. The van der Waals surface area contributed by atoms with Crippen LogP contribution in [0.5, 0.6) is 0 Å². The van der Waals surface area contributed by atoms with Gasteiger partial charge in [-0.05, 0) is 37.4 Å². The molecule has 0 aromatic rings. The van der Waals surface area contributed by atoms with Gasteiger partial charge in [0.05, 0.1) is 0 Å². The molecule has 64 valence electrons. The van der Waals surface area contributed by atoms with Gasteiger partial charge in [0.15, 0.2) is 0 Å². The molecule has 0 aromatic heterocycles. The number of nitrogens with one attached hydrogen (secondary N) is 1. The number of hydrogen-bond donors (Lipinski definition) is 1. The van der Waals surface area contributed by atoms with Gasteiger partial charge in [-0.2, -0.15) is 0 Å². The first kappa shape index (κ1) is 10.6. The highest BCUT2D eigenvalue weighted by Gasteiger charge is 2.12. The molecule has 0 saturated carbocycles. The van der Waals surface area contributed by atoms with Gasteiger partial charge >= 0.3 is 0 Å². The van der Waals surface area contributed by atoms with E-state index in [9.17, 15) is 0 Å². The van der Waals surface area contributed by atoms with Crippen LogP contribution in [0.4, 0.5) is 0 Å². The second-order valence-corrected chi connectivity index (χ2v) is 2.60. The third-order valence-corrected chi connectivity index (χ3v) is 1.86. The number of nitrogens with zero attached hydrogens (tertiary/aromatic N) is 3. The average Bonchev–Trinajstić information content (AvgIpc) is 2.41. The Bertz CT molecular complexity index is 138. The van der Waals surface area contributed by atoms with E-state index in [1.807, 2.05) is 0 Å². The zero-order chi connectivity index (χ0) is 7.23. The minimum Gasteiger partial charge on any atom is -0.316 e. The van der Waals surface area contributed by atoms with Crippen LogP contribution in [0.25, 0.3) is 10.4 Å². The molecule has 1 heterocycles. The summed E-state index contributed by atoms with van der Waals surface area (Å²) in [6.07, 6.45) is 2.28. The van der Waals surface area contributed by atoms with Crippen LogP contribution in [0.3, 0.4) is 0 Å². The van der Waals surface area contributed by atoms with E-state index in [0.717, 1.165) is 25.4 Å². The topological polar surface area (TPSA) is 60.8 Å². The van der Waals surface area contributed by atoms with E-state index in [4.69, 9.17) is 5.53 Å². The predicted molar refractivity (Wildman–Crippen MR) is 46.9 cm³/mol. The molecule has 11 heavy (non-hydrogen) atoms. The third-order valence-electron chi connectivity index (χ3n) is 1.86. The molecule has 0 aliphatic carbocycles. The Labute approximate surface area is 72.4 Å². The predicted octanol–water partition coefficient (Wildman–Crippen LogP) is 1.72. The molecular formula is C6H13ClN4. The fourth-order valence-electron chi connectivity index (χ4n) is 1.25. The maximum absolute atomic E-state index is 7.98. The number of hydrogen-bond acceptors (Lipinski definition) is 2. The Balaban J connectivity index is 0.000001000. The van der Waals surface area contributed by atoms with Crippen molar-refractivity contribution in [3.8, 4) is 0 Å². The fraction of sp³-hybridized carbons (Fsp3) is 1.00. The minimum atomic E-state index is 0. The van der Waals surface area contributed by atoms with Crippen LogP contribution in [0.2, 0.25) is 0 Å². The summed E-state index contributed by atoms with van der Waals surface area (Å²) in [7, 11) is 0. The zero-order valence-corrected chi connectivity index (χ0v) is 7.18. The van der Waals surface area contributed by atoms with Crippen molar-refractivity contribution in [3.05, 3.63) is 10.4 Å². The van der Waals surface area contributed by atoms with Crippen molar-refractivity contribution in [3.63, 3.8) is 0 Å². The molecule has 1 aliphatic heterocycles. The molecule has 0 radical (unpaired) electrons. The lowest BCUT2D eigenvalue weighted by Gasteiger charge is -2.02. The van der Waals surface area contributed by atoms with Crippen LogP contribution < -0.4 is 5.32 Å². The first-order chi connectivity index (χ1) is 4.93. The molecule has 1 saturated heterocycles. The van der Waals surface area contributed by atoms with Crippen LogP contribution in [-0.2, 0) is 0 Å². The van der Waals surface area contributed by atoms with E-state index in [2.05, 4.69) is 15.3 Å². The lowest BCUT2D eigenvalue weighted by atomic mass is 10.1. The van der Waals surface area contributed by atoms with E-state index in [1.54, 1.807) is 0 Å². The highest BCUT2D eigenvalue weighted by Crippen LogP contribution is 2.11. The SMILES string of the molecule is Cl.[N-]=[N+]=NCC[C@@H]1CCNC1. The van der Waals surface area contributed by atoms with E-state index >= 15 is 0 Å². The van der Waals surface area contributed by atoms with Crippen molar-refractivity contribution < 1.29 is 0 Å². The maximum atomic E-state index is 7.98. The second-order valence-electron chi connectivity index (χ2n) is 2.60. The van der Waals surface area contributed by atoms with Crippen molar-refractivity contribution in [2.45, 2.75) is 12.8 Å². The molecule has 1 rings (SSSR count). The number of azide groups is 1. The summed E-state index contributed by atoms with van der Waals surface area (Å²) in [5.41, 5.74) is 7.98. The monoisotopic (exact) mass is 176 g/mol. The molecule has 0 spiro atoms. The van der Waals surface area contributed by atoms with E-state index < -0.39 is 0 Å². The molecule has 0 aromatic carbocycles. The molecule has 1 atom stereocenters. The fourth-order valence-corrected chi connectivity index (χ4v) is 1.25. The Morgan fingerprint density at radius 2 is 2.45 bits per heavy atom. The molecule has 1 aliphatic rings. The zero-order valence-electron chi connectivity index (χ0n) is 6.36. The summed E-state index contributed by atoms with van der Waals surface area (Å²) in [6.45, 7) is 2.88. The van der Waals surface area contributed by atoms with E-state index in [-0.39, 0.29) is 12.4 Å². The van der Waals surface area contributed by atoms with Crippen molar-refractivity contribution >= 4 is 12.4 Å². The molecule has 5 heteroatoms. The maximum Gasteiger partial charge on any atom is 0.0261 e. The lowest BCUT2D eigenvalue weighted by molar-refractivity contribution is 0.540. The first-order valence-corrected chi connectivity index (χ1v) is 3.65. The summed E-state index contributed by atoms with van der Waals surface area (Å²) >= 11 is 0. The summed E-state index contributed by atoms with van der Waals surface area (Å²) in [6, 6.07) is 0. The second kappa shape index (κ2) is 6.28. The smallest absolute Gasteiger partial charge is 0.0261 e. The van der Waals surface area contributed by atoms with E-state index in [1.165, 1.54) is 6.42 Å². The Hall–Kier alpha value is -0.440. The highest BCUT2D eigenvalue weighted by atomic mass is 35.5. The summed E-state index contributed by atoms with van der Waals surface area (Å²) in [4.78, 5) is 2.70. The summed E-state index contributed by atoms with van der Waals surface area (Å²) in [5, 5.41) is 6.75. The number of rotatable bonds is 3. The van der Waals surface area contributed by atoms with Gasteiger partial charge in [0.1, 0.15) is 0 Å². The lowest BCUT2D eigenvalue weighted by Crippen LogP contribution is -2.09. The molecular weight excluding hydrogens is 164 g/mol. The molecule has 0 unspecified atom stereocenters. The van der Waals surface area contributed by atoms with E-state index in [0.29, 0.717) is 6.54 Å². The van der Waals surface area contributed by atoms with Gasteiger partial charge in [-0.1, -0.05) is 5.11 Å². The van der Waals surface area contributed by atoms with Crippen LogP contribution in [0.1, 0.15) is 12.8 Å². The largest absolute Gasteiger partial charge is 0.316 e. The molecule has 0 bridgehead atoms. The van der Waals surface area contributed by atoms with Gasteiger partial charge in [0, 0.05) is 11.5 Å². The van der Waals surface area contributed by atoms with Crippen LogP contribution in [-0.4, -0.2) is 19.6 Å². The number of halogens is 1. The Morgan fingerprint density at radius 3 is 3.00 bits per heavy atom. The Morgan fingerprint density at radius 1 is 1.64 bits per heavy atom. The van der Waals surface area contributed by atoms with Crippen LogP contribution in [0.15, 0.2) is 5.11 Å². The van der Waals surface area contributed by atoms with Crippen molar-refractivity contribution in [1.82, 2.24) is 5.32 Å². The average molecular weight is 177 g/mol.